The van der Waals surface area contributed by atoms with Gasteiger partial charge in [-0.15, -0.1) is 0 Å². The Morgan fingerprint density at radius 3 is 2.44 bits per heavy atom. The van der Waals surface area contributed by atoms with E-state index in [1.807, 2.05) is 36.1 Å². The monoisotopic (exact) mass is 369 g/mol. The number of methoxy groups -OCH3 is 1. The van der Waals surface area contributed by atoms with E-state index in [-0.39, 0.29) is 24.0 Å². The Balaban J connectivity index is 1.60. The average Bonchev–Trinajstić information content (AvgIpc) is 2.67. The van der Waals surface area contributed by atoms with Crippen molar-refractivity contribution in [3.8, 4) is 5.75 Å². The summed E-state index contributed by atoms with van der Waals surface area (Å²) in [6, 6.07) is 12.2. The van der Waals surface area contributed by atoms with Gasteiger partial charge in [-0.25, -0.2) is 4.79 Å². The van der Waals surface area contributed by atoms with Gasteiger partial charge in [0, 0.05) is 26.1 Å². The molecule has 3 amide bonds. The van der Waals surface area contributed by atoms with Crippen molar-refractivity contribution in [1.29, 1.82) is 0 Å². The van der Waals surface area contributed by atoms with Gasteiger partial charge in [0.05, 0.1) is 13.2 Å². The molecule has 0 aliphatic carbocycles. The molecule has 0 radical (unpaired) electrons. The summed E-state index contributed by atoms with van der Waals surface area (Å²) in [5.41, 5.74) is 1.06. The van der Waals surface area contributed by atoms with Crippen LogP contribution in [0.15, 0.2) is 36.4 Å². The molecule has 2 aromatic carbocycles. The summed E-state index contributed by atoms with van der Waals surface area (Å²) < 4.78 is 5.26. The highest BCUT2D eigenvalue weighted by molar-refractivity contribution is 5.85. The third kappa shape index (κ3) is 4.70. The maximum Gasteiger partial charge on any atom is 0.317 e. The highest BCUT2D eigenvalue weighted by Gasteiger charge is 2.24. The van der Waals surface area contributed by atoms with Gasteiger partial charge >= 0.3 is 6.03 Å². The lowest BCUT2D eigenvalue weighted by molar-refractivity contribution is -0.119. The fourth-order valence-corrected chi connectivity index (χ4v) is 3.51. The fourth-order valence-electron chi connectivity index (χ4n) is 3.51. The third-order valence-electron chi connectivity index (χ3n) is 5.10. The Kier molecular flexibility index (Phi) is 5.84. The molecule has 6 heteroatoms. The summed E-state index contributed by atoms with van der Waals surface area (Å²) in [4.78, 5) is 25.5. The van der Waals surface area contributed by atoms with Crippen molar-refractivity contribution in [3.05, 3.63) is 42.0 Å². The maximum absolute atomic E-state index is 12.6. The van der Waals surface area contributed by atoms with Crippen LogP contribution in [0.25, 0.3) is 10.8 Å². The van der Waals surface area contributed by atoms with Gasteiger partial charge in [0.25, 0.3) is 0 Å². The molecule has 1 fully saturated rings. The normalized spacial score (nSPS) is 16.0. The second kappa shape index (κ2) is 8.29. The predicted molar refractivity (Wildman–Crippen MR) is 106 cm³/mol. The number of benzene rings is 2. The van der Waals surface area contributed by atoms with Gasteiger partial charge in [-0.3, -0.25) is 4.79 Å². The molecule has 0 spiro atoms. The molecule has 0 aromatic heterocycles. The molecule has 2 N–H and O–H groups in total. The van der Waals surface area contributed by atoms with Crippen molar-refractivity contribution in [2.75, 3.05) is 20.2 Å². The topological polar surface area (TPSA) is 70.7 Å². The Bertz CT molecular complexity index is 829. The number of hydrogen-bond acceptors (Lipinski definition) is 3. The molecule has 27 heavy (non-hydrogen) atoms. The zero-order valence-corrected chi connectivity index (χ0v) is 16.1. The van der Waals surface area contributed by atoms with Crippen LogP contribution < -0.4 is 15.4 Å². The van der Waals surface area contributed by atoms with Gasteiger partial charge in [-0.2, -0.15) is 0 Å². The van der Waals surface area contributed by atoms with Crippen molar-refractivity contribution >= 4 is 22.7 Å². The van der Waals surface area contributed by atoms with Crippen molar-refractivity contribution in [3.63, 3.8) is 0 Å². The molecular weight excluding hydrogens is 342 g/mol. The number of rotatable bonds is 4. The van der Waals surface area contributed by atoms with Gasteiger partial charge in [-0.1, -0.05) is 18.2 Å². The molecule has 0 bridgehead atoms. The summed E-state index contributed by atoms with van der Waals surface area (Å²) >= 11 is 0. The SMILES string of the molecule is COc1ccc2cc(C(C)NC(=O)N3CCC(NC(C)=O)CC3)ccc2c1. The number of carbonyl (C=O) groups is 2. The van der Waals surface area contributed by atoms with E-state index >= 15 is 0 Å². The van der Waals surface area contributed by atoms with Crippen molar-refractivity contribution in [2.24, 2.45) is 0 Å². The van der Waals surface area contributed by atoms with Crippen LogP contribution in [0.2, 0.25) is 0 Å². The van der Waals surface area contributed by atoms with Crippen LogP contribution >= 0.6 is 0 Å². The molecule has 6 nitrogen and oxygen atoms in total. The quantitative estimate of drug-likeness (QED) is 0.869. The Hall–Kier alpha value is -2.76. The lowest BCUT2D eigenvalue weighted by Crippen LogP contribution is -2.49. The number of carbonyl (C=O) groups excluding carboxylic acids is 2. The lowest BCUT2D eigenvalue weighted by atomic mass is 10.0. The Morgan fingerprint density at radius 2 is 1.78 bits per heavy atom. The number of likely N-dealkylation sites (tertiary alicyclic amines) is 1. The number of ether oxygens (including phenoxy) is 1. The van der Waals surface area contributed by atoms with Crippen LogP contribution in [0.4, 0.5) is 4.79 Å². The molecule has 1 aliphatic heterocycles. The predicted octanol–water partition coefficient (Wildman–Crippen LogP) is 3.22. The molecule has 1 aliphatic rings. The largest absolute Gasteiger partial charge is 0.497 e. The first-order valence-electron chi connectivity index (χ1n) is 9.36. The lowest BCUT2D eigenvalue weighted by Gasteiger charge is -2.33. The first kappa shape index (κ1) is 19.0. The number of fused-ring (bicyclic) bond motifs is 1. The number of nitrogens with one attached hydrogen (secondary N) is 2. The maximum atomic E-state index is 12.6. The van der Waals surface area contributed by atoms with Crippen LogP contribution in [-0.2, 0) is 4.79 Å². The van der Waals surface area contributed by atoms with Gasteiger partial charge in [0.1, 0.15) is 5.75 Å². The van der Waals surface area contributed by atoms with E-state index in [0.717, 1.165) is 34.9 Å². The van der Waals surface area contributed by atoms with E-state index in [0.29, 0.717) is 13.1 Å². The van der Waals surface area contributed by atoms with Gasteiger partial charge < -0.3 is 20.3 Å². The first-order valence-corrected chi connectivity index (χ1v) is 9.36. The van der Waals surface area contributed by atoms with E-state index in [4.69, 9.17) is 4.74 Å². The average molecular weight is 369 g/mol. The summed E-state index contributed by atoms with van der Waals surface area (Å²) in [5.74, 6) is 0.819. The Morgan fingerprint density at radius 1 is 1.11 bits per heavy atom. The second-order valence-electron chi connectivity index (χ2n) is 7.11. The minimum absolute atomic E-state index is 0.0135. The molecule has 3 rings (SSSR count). The van der Waals surface area contributed by atoms with E-state index in [1.165, 1.54) is 6.92 Å². The van der Waals surface area contributed by atoms with Crippen LogP contribution in [0.3, 0.4) is 0 Å². The number of hydrogen-bond donors (Lipinski definition) is 2. The van der Waals surface area contributed by atoms with Crippen molar-refractivity contribution in [2.45, 2.75) is 38.8 Å². The standard InChI is InChI=1S/C21H27N3O3/c1-14(16-4-5-18-13-20(27-3)7-6-17(18)12-16)22-21(26)24-10-8-19(9-11-24)23-15(2)25/h4-7,12-14,19H,8-11H2,1-3H3,(H,22,26)(H,23,25). The number of nitrogens with zero attached hydrogens (tertiary/aromatic N) is 1. The molecule has 1 unspecified atom stereocenters. The molecule has 1 saturated heterocycles. The van der Waals surface area contributed by atoms with Gasteiger partial charge in [-0.05, 0) is 54.3 Å². The van der Waals surface area contributed by atoms with Gasteiger partial charge in [0.2, 0.25) is 5.91 Å². The third-order valence-corrected chi connectivity index (χ3v) is 5.10. The molecule has 0 saturated carbocycles. The summed E-state index contributed by atoms with van der Waals surface area (Å²) in [6.45, 7) is 4.83. The Labute approximate surface area is 159 Å². The fraction of sp³-hybridized carbons (Fsp3) is 0.429. The molecular formula is C21H27N3O3. The van der Waals surface area contributed by atoms with E-state index in [2.05, 4.69) is 22.8 Å². The highest BCUT2D eigenvalue weighted by Crippen LogP contribution is 2.24. The van der Waals surface area contributed by atoms with E-state index in [1.54, 1.807) is 7.11 Å². The van der Waals surface area contributed by atoms with Gasteiger partial charge in [0.15, 0.2) is 0 Å². The molecule has 1 atom stereocenters. The first-order chi connectivity index (χ1) is 13.0. The van der Waals surface area contributed by atoms with Crippen LogP contribution in [0.1, 0.15) is 38.3 Å². The van der Waals surface area contributed by atoms with Crippen LogP contribution in [0.5, 0.6) is 5.75 Å². The van der Waals surface area contributed by atoms with Crippen LogP contribution in [0, 0.1) is 0 Å². The number of amides is 3. The molecule has 2 aromatic rings. The van der Waals surface area contributed by atoms with E-state index < -0.39 is 0 Å². The summed E-state index contributed by atoms with van der Waals surface area (Å²) in [7, 11) is 1.66. The number of urea groups is 1. The van der Waals surface area contributed by atoms with Crippen molar-refractivity contribution < 1.29 is 14.3 Å². The zero-order valence-electron chi connectivity index (χ0n) is 16.1. The van der Waals surface area contributed by atoms with E-state index in [9.17, 15) is 9.59 Å². The summed E-state index contributed by atoms with van der Waals surface area (Å²) in [5, 5.41) is 8.23. The summed E-state index contributed by atoms with van der Waals surface area (Å²) in [6.07, 6.45) is 1.58. The highest BCUT2D eigenvalue weighted by atomic mass is 16.5. The van der Waals surface area contributed by atoms with Crippen molar-refractivity contribution in [1.82, 2.24) is 15.5 Å². The smallest absolute Gasteiger partial charge is 0.317 e. The van der Waals surface area contributed by atoms with Crippen LogP contribution in [-0.4, -0.2) is 43.1 Å². The minimum Gasteiger partial charge on any atom is -0.497 e. The number of piperidine rings is 1. The zero-order chi connectivity index (χ0) is 19.4. The second-order valence-corrected chi connectivity index (χ2v) is 7.11. The molecule has 144 valence electrons. The minimum atomic E-state index is -0.0860. The molecule has 1 heterocycles.